The molecule has 7 heteroatoms. The number of hydrogen-bond acceptors (Lipinski definition) is 3. The van der Waals surface area contributed by atoms with Gasteiger partial charge >= 0.3 is 12.0 Å². The number of nitrogens with one attached hydrogen (secondary N) is 1. The quantitative estimate of drug-likeness (QED) is 0.853. The minimum Gasteiger partial charge on any atom is -0.481 e. The zero-order valence-electron chi connectivity index (χ0n) is 11.5. The lowest BCUT2D eigenvalue weighted by Gasteiger charge is -2.31. The number of urea groups is 1. The minimum atomic E-state index is -0.827. The molecular weight excluding hydrogens is 260 g/mol. The third-order valence-electron chi connectivity index (χ3n) is 3.45. The lowest BCUT2D eigenvalue weighted by molar-refractivity contribution is -0.143. The molecule has 2 amide bonds. The molecule has 1 aliphatic heterocycles. The van der Waals surface area contributed by atoms with Gasteiger partial charge in [-0.05, 0) is 25.8 Å². The average molecular weight is 280 g/mol. The van der Waals surface area contributed by atoms with Crippen LogP contribution in [0.1, 0.15) is 19.8 Å². The number of carboxylic acid groups (broad SMARTS) is 1. The van der Waals surface area contributed by atoms with Crippen LogP contribution in [0.2, 0.25) is 0 Å². The van der Waals surface area contributed by atoms with Crippen molar-refractivity contribution in [1.82, 2.24) is 20.0 Å². The van der Waals surface area contributed by atoms with Crippen molar-refractivity contribution in [2.45, 2.75) is 32.4 Å². The summed E-state index contributed by atoms with van der Waals surface area (Å²) in [6.07, 6.45) is 4.90. The summed E-state index contributed by atoms with van der Waals surface area (Å²) < 4.78 is 1.75. The number of carboxylic acids is 1. The van der Waals surface area contributed by atoms with E-state index >= 15 is 0 Å². The van der Waals surface area contributed by atoms with Gasteiger partial charge in [-0.3, -0.25) is 9.48 Å². The van der Waals surface area contributed by atoms with Crippen LogP contribution < -0.4 is 5.32 Å². The van der Waals surface area contributed by atoms with Gasteiger partial charge in [0.2, 0.25) is 0 Å². The Morgan fingerprint density at radius 3 is 3.00 bits per heavy atom. The van der Waals surface area contributed by atoms with Crippen LogP contribution in [-0.4, -0.2) is 50.9 Å². The van der Waals surface area contributed by atoms with E-state index in [2.05, 4.69) is 10.4 Å². The van der Waals surface area contributed by atoms with Crippen LogP contribution in [0.3, 0.4) is 0 Å². The maximum atomic E-state index is 12.1. The van der Waals surface area contributed by atoms with Crippen LogP contribution >= 0.6 is 0 Å². The van der Waals surface area contributed by atoms with E-state index in [9.17, 15) is 9.59 Å². The lowest BCUT2D eigenvalue weighted by atomic mass is 9.99. The van der Waals surface area contributed by atoms with E-state index in [1.165, 1.54) is 0 Å². The highest BCUT2D eigenvalue weighted by atomic mass is 16.4. The lowest BCUT2D eigenvalue weighted by Crippen LogP contribution is -2.49. The first-order valence-corrected chi connectivity index (χ1v) is 6.82. The second kappa shape index (κ2) is 6.40. The van der Waals surface area contributed by atoms with Gasteiger partial charge in [0, 0.05) is 31.5 Å². The number of amides is 2. The van der Waals surface area contributed by atoms with Crippen molar-refractivity contribution < 1.29 is 14.7 Å². The van der Waals surface area contributed by atoms with Gasteiger partial charge in [0.15, 0.2) is 0 Å². The molecular formula is C13H20N4O3. The van der Waals surface area contributed by atoms with Crippen LogP contribution in [0.15, 0.2) is 18.5 Å². The molecule has 1 aromatic heterocycles. The molecule has 2 N–H and O–H groups in total. The van der Waals surface area contributed by atoms with E-state index < -0.39 is 11.9 Å². The molecule has 1 unspecified atom stereocenters. The molecule has 1 aromatic rings. The monoisotopic (exact) mass is 280 g/mol. The summed E-state index contributed by atoms with van der Waals surface area (Å²) in [5.41, 5.74) is 0. The fourth-order valence-electron chi connectivity index (χ4n) is 2.40. The molecule has 20 heavy (non-hydrogen) atoms. The zero-order chi connectivity index (χ0) is 14.5. The Morgan fingerprint density at radius 1 is 1.55 bits per heavy atom. The maximum absolute atomic E-state index is 12.1. The molecule has 0 radical (unpaired) electrons. The molecule has 2 rings (SSSR count). The number of carbonyl (C=O) groups excluding carboxylic acids is 1. The normalized spacial score (nSPS) is 20.4. The van der Waals surface area contributed by atoms with Gasteiger partial charge in [-0.15, -0.1) is 0 Å². The van der Waals surface area contributed by atoms with Crippen molar-refractivity contribution in [3.63, 3.8) is 0 Å². The van der Waals surface area contributed by atoms with Crippen molar-refractivity contribution >= 4 is 12.0 Å². The van der Waals surface area contributed by atoms with Crippen molar-refractivity contribution in [3.05, 3.63) is 18.5 Å². The van der Waals surface area contributed by atoms with Crippen LogP contribution in [-0.2, 0) is 11.3 Å². The summed E-state index contributed by atoms with van der Waals surface area (Å²) in [7, 11) is 0. The highest BCUT2D eigenvalue weighted by Gasteiger charge is 2.28. The largest absolute Gasteiger partial charge is 0.481 e. The molecule has 110 valence electrons. The van der Waals surface area contributed by atoms with E-state index in [1.54, 1.807) is 15.8 Å². The van der Waals surface area contributed by atoms with Gasteiger partial charge in [0.25, 0.3) is 0 Å². The van der Waals surface area contributed by atoms with Gasteiger partial charge < -0.3 is 15.3 Å². The van der Waals surface area contributed by atoms with Crippen molar-refractivity contribution in [3.8, 4) is 0 Å². The summed E-state index contributed by atoms with van der Waals surface area (Å²) in [4.78, 5) is 24.7. The van der Waals surface area contributed by atoms with E-state index in [0.29, 0.717) is 19.5 Å². The van der Waals surface area contributed by atoms with Crippen LogP contribution in [0.5, 0.6) is 0 Å². The molecule has 1 fully saturated rings. The fourth-order valence-corrected chi connectivity index (χ4v) is 2.40. The van der Waals surface area contributed by atoms with Gasteiger partial charge in [-0.1, -0.05) is 0 Å². The van der Waals surface area contributed by atoms with Gasteiger partial charge in [0.1, 0.15) is 0 Å². The molecule has 2 atom stereocenters. The first kappa shape index (κ1) is 14.4. The second-order valence-corrected chi connectivity index (χ2v) is 5.20. The predicted molar refractivity (Wildman–Crippen MR) is 72.2 cm³/mol. The van der Waals surface area contributed by atoms with E-state index in [-0.39, 0.29) is 18.6 Å². The van der Waals surface area contributed by atoms with Gasteiger partial charge in [-0.25, -0.2) is 4.79 Å². The SMILES string of the molecule is CC(Cn1cccn1)NC(=O)N1CCC[C@H](C(=O)O)C1. The van der Waals surface area contributed by atoms with Gasteiger partial charge in [-0.2, -0.15) is 5.10 Å². The summed E-state index contributed by atoms with van der Waals surface area (Å²) in [6.45, 7) is 3.40. The summed E-state index contributed by atoms with van der Waals surface area (Å²) in [6, 6.07) is 1.57. The number of rotatable bonds is 4. The van der Waals surface area contributed by atoms with Crippen LogP contribution in [0, 0.1) is 5.92 Å². The molecule has 0 bridgehead atoms. The van der Waals surface area contributed by atoms with Crippen molar-refractivity contribution in [2.75, 3.05) is 13.1 Å². The maximum Gasteiger partial charge on any atom is 0.317 e. The molecule has 0 spiro atoms. The second-order valence-electron chi connectivity index (χ2n) is 5.20. The number of carbonyl (C=O) groups is 2. The Balaban J connectivity index is 1.83. The van der Waals surface area contributed by atoms with E-state index in [1.807, 2.05) is 19.2 Å². The number of piperidine rings is 1. The zero-order valence-corrected chi connectivity index (χ0v) is 11.5. The topological polar surface area (TPSA) is 87.5 Å². The average Bonchev–Trinajstić information content (AvgIpc) is 2.91. The molecule has 0 aromatic carbocycles. The van der Waals surface area contributed by atoms with Crippen LogP contribution in [0.25, 0.3) is 0 Å². The molecule has 2 heterocycles. The third-order valence-corrected chi connectivity index (χ3v) is 3.45. The Kier molecular flexibility index (Phi) is 4.60. The van der Waals surface area contributed by atoms with Crippen molar-refractivity contribution in [1.29, 1.82) is 0 Å². The molecule has 1 aliphatic rings. The minimum absolute atomic E-state index is 0.0624. The fraction of sp³-hybridized carbons (Fsp3) is 0.615. The van der Waals surface area contributed by atoms with E-state index in [0.717, 1.165) is 6.42 Å². The standard InChI is InChI=1S/C13H20N4O3/c1-10(8-17-7-3-5-14-17)15-13(20)16-6-2-4-11(9-16)12(18)19/h3,5,7,10-11H,2,4,6,8-9H2,1H3,(H,15,20)(H,18,19)/t10?,11-/m0/s1. The van der Waals surface area contributed by atoms with Crippen molar-refractivity contribution in [2.24, 2.45) is 5.92 Å². The Morgan fingerprint density at radius 2 is 2.35 bits per heavy atom. The third kappa shape index (κ3) is 3.72. The predicted octanol–water partition coefficient (Wildman–Crippen LogP) is 0.778. The Hall–Kier alpha value is -2.05. The summed E-state index contributed by atoms with van der Waals surface area (Å²) in [5.74, 6) is -1.27. The van der Waals surface area contributed by atoms with Gasteiger partial charge in [0.05, 0.1) is 12.5 Å². The summed E-state index contributed by atoms with van der Waals surface area (Å²) >= 11 is 0. The number of hydrogen-bond donors (Lipinski definition) is 2. The number of aromatic nitrogens is 2. The first-order chi connectivity index (χ1) is 9.56. The smallest absolute Gasteiger partial charge is 0.317 e. The summed E-state index contributed by atoms with van der Waals surface area (Å²) in [5, 5.41) is 16.0. The molecule has 1 saturated heterocycles. The molecule has 0 saturated carbocycles. The molecule has 0 aliphatic carbocycles. The highest BCUT2D eigenvalue weighted by molar-refractivity contribution is 5.76. The van der Waals surface area contributed by atoms with E-state index in [4.69, 9.17) is 5.11 Å². The van der Waals surface area contributed by atoms with Crippen LogP contribution in [0.4, 0.5) is 4.79 Å². The molecule has 7 nitrogen and oxygen atoms in total. The number of aliphatic carboxylic acids is 1. The first-order valence-electron chi connectivity index (χ1n) is 6.82. The highest BCUT2D eigenvalue weighted by Crippen LogP contribution is 2.16. The Labute approximate surface area is 117 Å². The Bertz CT molecular complexity index is 460. The number of nitrogens with zero attached hydrogens (tertiary/aromatic N) is 3. The number of likely N-dealkylation sites (tertiary alicyclic amines) is 1.